The second kappa shape index (κ2) is 4.77. The quantitative estimate of drug-likeness (QED) is 0.850. The van der Waals surface area contributed by atoms with Crippen LogP contribution in [0.5, 0.6) is 0 Å². The van der Waals surface area contributed by atoms with E-state index in [0.717, 1.165) is 23.1 Å². The lowest BCUT2D eigenvalue weighted by molar-refractivity contribution is -0.151. The van der Waals surface area contributed by atoms with Crippen molar-refractivity contribution in [3.05, 3.63) is 34.3 Å². The summed E-state index contributed by atoms with van der Waals surface area (Å²) in [7, 11) is 0. The molecule has 0 aromatic heterocycles. The van der Waals surface area contributed by atoms with E-state index in [2.05, 4.69) is 21.2 Å². The van der Waals surface area contributed by atoms with Crippen molar-refractivity contribution in [1.29, 1.82) is 0 Å². The van der Waals surface area contributed by atoms with E-state index in [1.165, 1.54) is 0 Å². The Hall–Kier alpha value is -0.870. The Morgan fingerprint density at radius 3 is 2.93 bits per heavy atom. The van der Waals surface area contributed by atoms with Crippen molar-refractivity contribution >= 4 is 21.9 Å². The first-order chi connectivity index (χ1) is 7.25. The molecule has 2 rings (SSSR count). The maximum atomic E-state index is 11.4. The molecule has 3 nitrogen and oxygen atoms in total. The van der Waals surface area contributed by atoms with E-state index in [4.69, 9.17) is 4.74 Å². The number of carbonyl (C=O) groups is 1. The maximum absolute atomic E-state index is 11.4. The first kappa shape index (κ1) is 10.6. The van der Waals surface area contributed by atoms with Crippen molar-refractivity contribution in [2.24, 2.45) is 5.92 Å². The van der Waals surface area contributed by atoms with Crippen LogP contribution in [0.4, 0.5) is 0 Å². The van der Waals surface area contributed by atoms with Crippen LogP contribution in [0.2, 0.25) is 0 Å². The normalized spacial score (nSPS) is 15.8. The lowest BCUT2D eigenvalue weighted by atomic mass is 10.0. The van der Waals surface area contributed by atoms with Gasteiger partial charge in [0, 0.05) is 17.6 Å². The van der Waals surface area contributed by atoms with E-state index in [1.54, 1.807) is 0 Å². The van der Waals surface area contributed by atoms with Crippen molar-refractivity contribution in [3.8, 4) is 0 Å². The first-order valence-electron chi connectivity index (χ1n) is 4.87. The van der Waals surface area contributed by atoms with Crippen molar-refractivity contribution in [3.63, 3.8) is 0 Å². The van der Waals surface area contributed by atoms with Gasteiger partial charge in [-0.05, 0) is 17.7 Å². The monoisotopic (exact) mass is 269 g/mol. The highest BCUT2D eigenvalue weighted by Gasteiger charge is 2.26. The molecule has 0 bridgehead atoms. The van der Waals surface area contributed by atoms with Gasteiger partial charge >= 0.3 is 5.97 Å². The van der Waals surface area contributed by atoms with Gasteiger partial charge in [0.1, 0.15) is 6.61 Å². The molecule has 15 heavy (non-hydrogen) atoms. The third-order valence-electron chi connectivity index (χ3n) is 2.38. The van der Waals surface area contributed by atoms with Crippen molar-refractivity contribution < 1.29 is 9.53 Å². The van der Waals surface area contributed by atoms with Crippen molar-refractivity contribution in [2.45, 2.75) is 6.61 Å². The summed E-state index contributed by atoms with van der Waals surface area (Å²) in [5, 5.41) is 3.04. The topological polar surface area (TPSA) is 38.3 Å². The van der Waals surface area contributed by atoms with Crippen molar-refractivity contribution in [2.75, 3.05) is 13.1 Å². The van der Waals surface area contributed by atoms with Gasteiger partial charge in [0.2, 0.25) is 0 Å². The van der Waals surface area contributed by atoms with Crippen LogP contribution in [-0.4, -0.2) is 19.1 Å². The Kier molecular flexibility index (Phi) is 3.38. The zero-order valence-electron chi connectivity index (χ0n) is 8.20. The van der Waals surface area contributed by atoms with Crippen LogP contribution >= 0.6 is 15.9 Å². The minimum absolute atomic E-state index is 0.0529. The SMILES string of the molecule is O=C(OCc1cccc(Br)c1)C1CNC1. The third kappa shape index (κ3) is 2.79. The summed E-state index contributed by atoms with van der Waals surface area (Å²) in [5.74, 6) is -0.0501. The smallest absolute Gasteiger partial charge is 0.311 e. The van der Waals surface area contributed by atoms with Gasteiger partial charge in [-0.3, -0.25) is 4.79 Å². The van der Waals surface area contributed by atoms with Gasteiger partial charge in [0.15, 0.2) is 0 Å². The predicted octanol–water partition coefficient (Wildman–Crippen LogP) is 1.71. The molecule has 1 fully saturated rings. The molecule has 1 aromatic rings. The third-order valence-corrected chi connectivity index (χ3v) is 2.88. The Bertz CT molecular complexity index is 363. The zero-order chi connectivity index (χ0) is 10.7. The summed E-state index contributed by atoms with van der Waals surface area (Å²) in [6.07, 6.45) is 0. The molecular formula is C11H12BrNO2. The zero-order valence-corrected chi connectivity index (χ0v) is 9.79. The number of halogens is 1. The highest BCUT2D eigenvalue weighted by Crippen LogP contribution is 2.13. The Morgan fingerprint density at radius 1 is 1.53 bits per heavy atom. The van der Waals surface area contributed by atoms with Gasteiger partial charge < -0.3 is 10.1 Å². The average molecular weight is 270 g/mol. The average Bonchev–Trinajstić information content (AvgIpc) is 2.12. The molecule has 0 aliphatic carbocycles. The van der Waals surface area contributed by atoms with E-state index in [0.29, 0.717) is 6.61 Å². The Labute approximate surface area is 96.9 Å². The van der Waals surface area contributed by atoms with Gasteiger partial charge in [-0.25, -0.2) is 0 Å². The molecule has 1 aromatic carbocycles. The molecule has 0 amide bonds. The molecule has 4 heteroatoms. The van der Waals surface area contributed by atoms with E-state index in [9.17, 15) is 4.79 Å². The highest BCUT2D eigenvalue weighted by atomic mass is 79.9. The second-order valence-electron chi connectivity index (χ2n) is 3.59. The van der Waals surface area contributed by atoms with Gasteiger partial charge in [-0.15, -0.1) is 0 Å². The summed E-state index contributed by atoms with van der Waals surface area (Å²) in [6, 6.07) is 7.77. The van der Waals surface area contributed by atoms with Gasteiger partial charge in [-0.1, -0.05) is 28.1 Å². The van der Waals surface area contributed by atoms with E-state index >= 15 is 0 Å². The largest absolute Gasteiger partial charge is 0.461 e. The molecule has 80 valence electrons. The number of hydrogen-bond donors (Lipinski definition) is 1. The minimum Gasteiger partial charge on any atom is -0.461 e. The fourth-order valence-electron chi connectivity index (χ4n) is 1.35. The number of ether oxygens (including phenoxy) is 1. The van der Waals surface area contributed by atoms with Crippen LogP contribution in [-0.2, 0) is 16.1 Å². The lowest BCUT2D eigenvalue weighted by Gasteiger charge is -2.24. The summed E-state index contributed by atoms with van der Waals surface area (Å²) in [5.41, 5.74) is 1.00. The minimum atomic E-state index is -0.103. The highest BCUT2D eigenvalue weighted by molar-refractivity contribution is 9.10. The molecule has 0 saturated carbocycles. The van der Waals surface area contributed by atoms with Crippen LogP contribution in [0, 0.1) is 5.92 Å². The number of carbonyl (C=O) groups excluding carboxylic acids is 1. The number of hydrogen-bond acceptors (Lipinski definition) is 3. The van der Waals surface area contributed by atoms with Crippen LogP contribution in [0.15, 0.2) is 28.7 Å². The van der Waals surface area contributed by atoms with Crippen LogP contribution in [0.1, 0.15) is 5.56 Å². The van der Waals surface area contributed by atoms with Crippen LogP contribution in [0.25, 0.3) is 0 Å². The molecule has 0 unspecified atom stereocenters. The number of benzene rings is 1. The molecule has 1 saturated heterocycles. The predicted molar refractivity (Wildman–Crippen MR) is 60.3 cm³/mol. The van der Waals surface area contributed by atoms with E-state index in [-0.39, 0.29) is 11.9 Å². The lowest BCUT2D eigenvalue weighted by Crippen LogP contribution is -2.47. The number of esters is 1. The van der Waals surface area contributed by atoms with E-state index in [1.807, 2.05) is 24.3 Å². The standard InChI is InChI=1S/C11H12BrNO2/c12-10-3-1-2-8(4-10)7-15-11(14)9-5-13-6-9/h1-4,9,13H,5-7H2. The molecule has 0 spiro atoms. The summed E-state index contributed by atoms with van der Waals surface area (Å²) in [4.78, 5) is 11.4. The summed E-state index contributed by atoms with van der Waals surface area (Å²) in [6.45, 7) is 1.85. The molecule has 1 aliphatic rings. The molecular weight excluding hydrogens is 258 g/mol. The van der Waals surface area contributed by atoms with E-state index < -0.39 is 0 Å². The van der Waals surface area contributed by atoms with Gasteiger partial charge in [0.05, 0.1) is 5.92 Å². The van der Waals surface area contributed by atoms with Gasteiger partial charge in [0.25, 0.3) is 0 Å². The van der Waals surface area contributed by atoms with Gasteiger partial charge in [-0.2, -0.15) is 0 Å². The fraction of sp³-hybridized carbons (Fsp3) is 0.364. The number of nitrogens with one attached hydrogen (secondary N) is 1. The first-order valence-corrected chi connectivity index (χ1v) is 5.67. The van der Waals surface area contributed by atoms with Crippen LogP contribution in [0.3, 0.4) is 0 Å². The Morgan fingerprint density at radius 2 is 2.33 bits per heavy atom. The van der Waals surface area contributed by atoms with Crippen molar-refractivity contribution in [1.82, 2.24) is 5.32 Å². The molecule has 1 N–H and O–H groups in total. The molecule has 0 atom stereocenters. The second-order valence-corrected chi connectivity index (χ2v) is 4.51. The summed E-state index contributed by atoms with van der Waals surface area (Å²) >= 11 is 3.37. The molecule has 1 aliphatic heterocycles. The number of rotatable bonds is 3. The molecule has 0 radical (unpaired) electrons. The summed E-state index contributed by atoms with van der Waals surface area (Å²) < 4.78 is 6.19. The fourth-order valence-corrected chi connectivity index (χ4v) is 1.80. The molecule has 1 heterocycles. The van der Waals surface area contributed by atoms with Crippen LogP contribution < -0.4 is 5.32 Å². The maximum Gasteiger partial charge on any atom is 0.311 e. The Balaban J connectivity index is 1.84.